The van der Waals surface area contributed by atoms with Crippen LogP contribution in [0.5, 0.6) is 0 Å². The summed E-state index contributed by atoms with van der Waals surface area (Å²) in [5.74, 6) is 0.717. The van der Waals surface area contributed by atoms with Crippen LogP contribution in [0.1, 0.15) is 37.1 Å². The maximum Gasteiger partial charge on any atom is 0.410 e. The molecular formula is C12H17N3O3. The van der Waals surface area contributed by atoms with Crippen LogP contribution in [0.3, 0.4) is 0 Å². The summed E-state index contributed by atoms with van der Waals surface area (Å²) in [6.07, 6.45) is 1.96. The minimum Gasteiger partial charge on any atom is -0.444 e. The maximum absolute atomic E-state index is 11.9. The van der Waals surface area contributed by atoms with Crippen LogP contribution < -0.4 is 0 Å². The number of rotatable bonds is 1. The van der Waals surface area contributed by atoms with Crippen molar-refractivity contribution < 1.29 is 14.3 Å². The Morgan fingerprint density at radius 2 is 2.17 bits per heavy atom. The van der Waals surface area contributed by atoms with E-state index in [0.717, 1.165) is 6.29 Å². The molecule has 0 unspecified atom stereocenters. The number of aldehydes is 1. The van der Waals surface area contributed by atoms with E-state index < -0.39 is 5.60 Å². The number of hydrogen-bond donors (Lipinski definition) is 0. The first kappa shape index (κ1) is 12.6. The Hall–Kier alpha value is -1.85. The predicted octanol–water partition coefficient (Wildman–Crippen LogP) is 1.45. The molecule has 6 heteroatoms. The van der Waals surface area contributed by atoms with Crippen molar-refractivity contribution in [2.75, 3.05) is 6.54 Å². The van der Waals surface area contributed by atoms with Crippen molar-refractivity contribution in [3.05, 3.63) is 17.7 Å². The summed E-state index contributed by atoms with van der Waals surface area (Å²) in [5, 5.41) is 0. The maximum atomic E-state index is 11.9. The molecule has 0 N–H and O–H groups in total. The summed E-state index contributed by atoms with van der Waals surface area (Å²) < 4.78 is 7.13. The van der Waals surface area contributed by atoms with Gasteiger partial charge in [0.15, 0.2) is 6.29 Å². The Kier molecular flexibility index (Phi) is 3.11. The van der Waals surface area contributed by atoms with E-state index in [2.05, 4.69) is 4.98 Å². The molecule has 98 valence electrons. The van der Waals surface area contributed by atoms with Crippen LogP contribution in [0.2, 0.25) is 0 Å². The third-order valence-electron chi connectivity index (χ3n) is 2.67. The zero-order chi connectivity index (χ0) is 13.3. The fourth-order valence-electron chi connectivity index (χ4n) is 1.86. The average molecular weight is 251 g/mol. The predicted molar refractivity (Wildman–Crippen MR) is 64.3 cm³/mol. The van der Waals surface area contributed by atoms with E-state index in [9.17, 15) is 9.59 Å². The van der Waals surface area contributed by atoms with Gasteiger partial charge in [0.2, 0.25) is 0 Å². The number of imidazole rings is 1. The lowest BCUT2D eigenvalue weighted by molar-refractivity contribution is 0.0195. The van der Waals surface area contributed by atoms with Crippen LogP contribution >= 0.6 is 0 Å². The molecule has 0 aromatic carbocycles. The third-order valence-corrected chi connectivity index (χ3v) is 2.67. The molecule has 1 aliphatic heterocycles. The number of hydrogen-bond acceptors (Lipinski definition) is 4. The van der Waals surface area contributed by atoms with E-state index in [0.29, 0.717) is 31.2 Å². The van der Waals surface area contributed by atoms with Gasteiger partial charge in [0.25, 0.3) is 0 Å². The Morgan fingerprint density at radius 1 is 1.44 bits per heavy atom. The van der Waals surface area contributed by atoms with Gasteiger partial charge < -0.3 is 9.30 Å². The zero-order valence-electron chi connectivity index (χ0n) is 10.8. The van der Waals surface area contributed by atoms with E-state index in [1.54, 1.807) is 4.90 Å². The number of ether oxygens (including phenoxy) is 1. The van der Waals surface area contributed by atoms with Gasteiger partial charge in [0.05, 0.1) is 12.7 Å². The van der Waals surface area contributed by atoms with Gasteiger partial charge in [0, 0.05) is 13.1 Å². The minimum atomic E-state index is -0.502. The van der Waals surface area contributed by atoms with E-state index in [1.807, 2.05) is 25.3 Å². The van der Waals surface area contributed by atoms with Gasteiger partial charge >= 0.3 is 6.09 Å². The molecule has 2 heterocycles. The fourth-order valence-corrected chi connectivity index (χ4v) is 1.86. The lowest BCUT2D eigenvalue weighted by Crippen LogP contribution is -2.41. The highest BCUT2D eigenvalue weighted by Gasteiger charge is 2.27. The molecule has 0 saturated heterocycles. The minimum absolute atomic E-state index is 0.343. The smallest absolute Gasteiger partial charge is 0.410 e. The number of carbonyl (C=O) groups excluding carboxylic acids is 2. The van der Waals surface area contributed by atoms with Crippen LogP contribution in [0.25, 0.3) is 0 Å². The number of amides is 1. The molecule has 18 heavy (non-hydrogen) atoms. The normalized spacial score (nSPS) is 15.2. The Balaban J connectivity index is 2.08. The Bertz CT molecular complexity index is 473. The quantitative estimate of drug-likeness (QED) is 0.708. The molecule has 2 rings (SSSR count). The van der Waals surface area contributed by atoms with E-state index in [-0.39, 0.29) is 6.09 Å². The Morgan fingerprint density at radius 3 is 2.78 bits per heavy atom. The summed E-state index contributed by atoms with van der Waals surface area (Å²) in [5.41, 5.74) is 0.0478. The van der Waals surface area contributed by atoms with Crippen LogP contribution in [-0.2, 0) is 17.8 Å². The molecule has 1 amide bonds. The number of carbonyl (C=O) groups is 2. The van der Waals surface area contributed by atoms with Crippen molar-refractivity contribution in [2.24, 2.45) is 0 Å². The largest absolute Gasteiger partial charge is 0.444 e. The molecule has 0 saturated carbocycles. The topological polar surface area (TPSA) is 64.4 Å². The van der Waals surface area contributed by atoms with Gasteiger partial charge in [-0.25, -0.2) is 9.78 Å². The first-order valence-electron chi connectivity index (χ1n) is 5.88. The first-order valence-corrected chi connectivity index (χ1v) is 5.88. The molecule has 0 bridgehead atoms. The summed E-state index contributed by atoms with van der Waals surface area (Å²) >= 11 is 0. The summed E-state index contributed by atoms with van der Waals surface area (Å²) in [6, 6.07) is 0. The highest BCUT2D eigenvalue weighted by molar-refractivity contribution is 5.72. The van der Waals surface area contributed by atoms with E-state index >= 15 is 0 Å². The van der Waals surface area contributed by atoms with E-state index in [1.165, 1.54) is 6.20 Å². The van der Waals surface area contributed by atoms with Crippen molar-refractivity contribution in [1.29, 1.82) is 0 Å². The Labute approximate surface area is 106 Å². The van der Waals surface area contributed by atoms with Crippen molar-refractivity contribution >= 4 is 12.4 Å². The lowest BCUT2D eigenvalue weighted by atomic mass is 10.2. The van der Waals surface area contributed by atoms with Crippen molar-refractivity contribution in [3.63, 3.8) is 0 Å². The van der Waals surface area contributed by atoms with Gasteiger partial charge in [-0.15, -0.1) is 0 Å². The molecular weight excluding hydrogens is 234 g/mol. The SMILES string of the molecule is CC(C)(C)OC(=O)N1CCn2c(C=O)cnc2C1. The molecule has 6 nitrogen and oxygen atoms in total. The average Bonchev–Trinajstić information content (AvgIpc) is 2.68. The van der Waals surface area contributed by atoms with Crippen LogP contribution in [-0.4, -0.2) is 39.0 Å². The van der Waals surface area contributed by atoms with Crippen LogP contribution in [0, 0.1) is 0 Å². The van der Waals surface area contributed by atoms with Crippen molar-refractivity contribution in [3.8, 4) is 0 Å². The molecule has 0 radical (unpaired) electrons. The third kappa shape index (κ3) is 2.52. The monoisotopic (exact) mass is 251 g/mol. The highest BCUT2D eigenvalue weighted by Crippen LogP contribution is 2.16. The van der Waals surface area contributed by atoms with Gasteiger partial charge in [-0.05, 0) is 20.8 Å². The molecule has 0 spiro atoms. The molecule has 0 aliphatic carbocycles. The second-order valence-electron chi connectivity index (χ2n) is 5.27. The summed E-state index contributed by atoms with van der Waals surface area (Å²) in [4.78, 5) is 28.4. The second-order valence-corrected chi connectivity index (χ2v) is 5.27. The van der Waals surface area contributed by atoms with Crippen molar-refractivity contribution in [2.45, 2.75) is 39.5 Å². The lowest BCUT2D eigenvalue weighted by Gasteiger charge is -2.30. The van der Waals surface area contributed by atoms with E-state index in [4.69, 9.17) is 4.74 Å². The van der Waals surface area contributed by atoms with Gasteiger partial charge in [0.1, 0.15) is 17.1 Å². The number of fused-ring (bicyclic) bond motifs is 1. The van der Waals surface area contributed by atoms with Gasteiger partial charge in [-0.2, -0.15) is 0 Å². The standard InChI is InChI=1S/C12H17N3O3/c1-12(2,3)18-11(17)14-4-5-15-9(8-16)6-13-10(15)7-14/h6,8H,4-5,7H2,1-3H3. The van der Waals surface area contributed by atoms with Crippen LogP contribution in [0.15, 0.2) is 6.20 Å². The van der Waals surface area contributed by atoms with Gasteiger partial charge in [-0.1, -0.05) is 0 Å². The molecule has 1 aromatic heterocycles. The molecule has 0 fully saturated rings. The molecule has 0 atom stereocenters. The fraction of sp³-hybridized carbons (Fsp3) is 0.583. The number of nitrogens with zero attached hydrogens (tertiary/aromatic N) is 3. The summed E-state index contributed by atoms with van der Waals surface area (Å²) in [6.45, 7) is 6.98. The highest BCUT2D eigenvalue weighted by atomic mass is 16.6. The molecule has 1 aromatic rings. The summed E-state index contributed by atoms with van der Waals surface area (Å²) in [7, 11) is 0. The van der Waals surface area contributed by atoms with Crippen molar-refractivity contribution in [1.82, 2.24) is 14.5 Å². The van der Waals surface area contributed by atoms with Crippen LogP contribution in [0.4, 0.5) is 4.79 Å². The zero-order valence-corrected chi connectivity index (χ0v) is 10.8. The first-order chi connectivity index (χ1) is 8.40. The molecule has 1 aliphatic rings. The second kappa shape index (κ2) is 4.44. The van der Waals surface area contributed by atoms with Gasteiger partial charge in [-0.3, -0.25) is 9.69 Å². The number of aromatic nitrogens is 2.